The van der Waals surface area contributed by atoms with Gasteiger partial charge in [-0.1, -0.05) is 13.3 Å². The zero-order valence-corrected chi connectivity index (χ0v) is 13.6. The first kappa shape index (κ1) is 15.9. The molecule has 2 atom stereocenters. The zero-order valence-electron chi connectivity index (χ0n) is 12.0. The molecule has 0 unspecified atom stereocenters. The molecule has 7 nitrogen and oxygen atoms in total. The van der Waals surface area contributed by atoms with Crippen LogP contribution in [0.4, 0.5) is 10.7 Å². The van der Waals surface area contributed by atoms with Gasteiger partial charge in [0.1, 0.15) is 4.60 Å². The molecule has 1 aromatic rings. The molecular formula is C13H20BrN5O2. The van der Waals surface area contributed by atoms with Crippen LogP contribution in [0.3, 0.4) is 0 Å². The summed E-state index contributed by atoms with van der Waals surface area (Å²) < 4.78 is 5.71. The molecular weight excluding hydrogens is 338 g/mol. The highest BCUT2D eigenvalue weighted by atomic mass is 79.9. The van der Waals surface area contributed by atoms with Crippen LogP contribution >= 0.6 is 15.9 Å². The third kappa shape index (κ3) is 5.45. The highest BCUT2D eigenvalue weighted by Crippen LogP contribution is 2.21. The van der Waals surface area contributed by atoms with Crippen molar-refractivity contribution in [3.63, 3.8) is 0 Å². The van der Waals surface area contributed by atoms with E-state index in [9.17, 15) is 4.79 Å². The second-order valence-corrected chi connectivity index (χ2v) is 5.90. The van der Waals surface area contributed by atoms with Crippen LogP contribution in [0, 0.1) is 0 Å². The van der Waals surface area contributed by atoms with E-state index in [0.717, 1.165) is 32.1 Å². The summed E-state index contributed by atoms with van der Waals surface area (Å²) >= 11 is 3.20. The van der Waals surface area contributed by atoms with Crippen molar-refractivity contribution < 1.29 is 9.53 Å². The van der Waals surface area contributed by atoms with Crippen LogP contribution < -0.4 is 10.6 Å². The van der Waals surface area contributed by atoms with Crippen LogP contribution in [0.25, 0.3) is 0 Å². The Morgan fingerprint density at radius 1 is 1.43 bits per heavy atom. The van der Waals surface area contributed by atoms with E-state index >= 15 is 0 Å². The van der Waals surface area contributed by atoms with Crippen molar-refractivity contribution in [2.75, 3.05) is 11.9 Å². The number of hydrogen-bond acceptors (Lipinski definition) is 6. The first-order chi connectivity index (χ1) is 10.2. The van der Waals surface area contributed by atoms with E-state index in [2.05, 4.69) is 48.7 Å². The molecule has 0 aliphatic heterocycles. The normalized spacial score (nSPS) is 21.0. The van der Waals surface area contributed by atoms with Gasteiger partial charge in [0.15, 0.2) is 0 Å². The summed E-state index contributed by atoms with van der Waals surface area (Å²) in [6.07, 6.45) is 5.91. The first-order valence-electron chi connectivity index (χ1n) is 7.22. The molecule has 1 amide bonds. The minimum Gasteiger partial charge on any atom is -0.450 e. The Morgan fingerprint density at radius 3 is 2.95 bits per heavy atom. The molecule has 1 heterocycles. The van der Waals surface area contributed by atoms with Gasteiger partial charge in [0.05, 0.1) is 12.8 Å². The van der Waals surface area contributed by atoms with E-state index in [1.54, 1.807) is 6.20 Å². The van der Waals surface area contributed by atoms with Crippen LogP contribution in [0.5, 0.6) is 0 Å². The Labute approximate surface area is 132 Å². The van der Waals surface area contributed by atoms with Crippen LogP contribution in [0.15, 0.2) is 10.8 Å². The van der Waals surface area contributed by atoms with E-state index in [0.29, 0.717) is 17.2 Å². The molecule has 0 saturated heterocycles. The van der Waals surface area contributed by atoms with E-state index < -0.39 is 0 Å². The standard InChI is InChI=1S/C13H20BrN5O2/c1-2-3-6-21-13(20)17-10-5-4-9(7-10)16-12-15-8-11(14)18-19-12/h8-10H,2-7H2,1H3,(H,17,20)(H,15,16,19)/t9-,10-/m0/s1. The summed E-state index contributed by atoms with van der Waals surface area (Å²) in [4.78, 5) is 15.7. The lowest BCUT2D eigenvalue weighted by Crippen LogP contribution is -2.34. The van der Waals surface area contributed by atoms with Crippen molar-refractivity contribution >= 4 is 28.0 Å². The van der Waals surface area contributed by atoms with Gasteiger partial charge in [0, 0.05) is 12.1 Å². The summed E-state index contributed by atoms with van der Waals surface area (Å²) in [6.45, 7) is 2.54. The molecule has 116 valence electrons. The predicted molar refractivity (Wildman–Crippen MR) is 82.0 cm³/mol. The second kappa shape index (κ2) is 8.11. The zero-order chi connectivity index (χ0) is 15.1. The second-order valence-electron chi connectivity index (χ2n) is 5.09. The lowest BCUT2D eigenvalue weighted by molar-refractivity contribution is 0.140. The number of aromatic nitrogens is 3. The summed E-state index contributed by atoms with van der Waals surface area (Å²) in [5, 5.41) is 14.0. The van der Waals surface area contributed by atoms with Crippen LogP contribution in [0.1, 0.15) is 39.0 Å². The van der Waals surface area contributed by atoms with E-state index in [4.69, 9.17) is 4.74 Å². The van der Waals surface area contributed by atoms with Gasteiger partial charge in [0.25, 0.3) is 0 Å². The predicted octanol–water partition coefficient (Wildman–Crippen LogP) is 2.49. The molecule has 21 heavy (non-hydrogen) atoms. The number of amides is 1. The van der Waals surface area contributed by atoms with E-state index in [1.165, 1.54) is 0 Å². The molecule has 0 spiro atoms. The lowest BCUT2D eigenvalue weighted by Gasteiger charge is -2.14. The number of alkyl carbamates (subject to hydrolysis) is 1. The van der Waals surface area contributed by atoms with Crippen LogP contribution in [-0.2, 0) is 4.74 Å². The third-order valence-corrected chi connectivity index (χ3v) is 3.72. The number of anilines is 1. The Hall–Kier alpha value is -1.44. The Morgan fingerprint density at radius 2 is 2.24 bits per heavy atom. The summed E-state index contributed by atoms with van der Waals surface area (Å²) in [7, 11) is 0. The Balaban J connectivity index is 1.70. The monoisotopic (exact) mass is 357 g/mol. The number of halogens is 1. The van der Waals surface area contributed by atoms with Crippen molar-refractivity contribution in [2.45, 2.75) is 51.1 Å². The smallest absolute Gasteiger partial charge is 0.407 e. The quantitative estimate of drug-likeness (QED) is 0.760. The van der Waals surface area contributed by atoms with Crippen molar-refractivity contribution in [3.05, 3.63) is 10.8 Å². The number of nitrogens with one attached hydrogen (secondary N) is 2. The maximum atomic E-state index is 11.6. The van der Waals surface area contributed by atoms with Crippen molar-refractivity contribution in [1.29, 1.82) is 0 Å². The van der Waals surface area contributed by atoms with E-state index in [1.807, 2.05) is 0 Å². The number of ether oxygens (including phenoxy) is 1. The SMILES string of the molecule is CCCCOC(=O)N[C@H]1CC[C@H](Nc2ncc(Br)nn2)C1. The Bertz CT molecular complexity index is 456. The number of rotatable bonds is 6. The van der Waals surface area contributed by atoms with Gasteiger partial charge in [-0.3, -0.25) is 0 Å². The molecule has 1 saturated carbocycles. The van der Waals surface area contributed by atoms with Gasteiger partial charge < -0.3 is 15.4 Å². The van der Waals surface area contributed by atoms with Gasteiger partial charge in [-0.25, -0.2) is 9.78 Å². The maximum Gasteiger partial charge on any atom is 0.407 e. The Kier molecular flexibility index (Phi) is 6.16. The number of carbonyl (C=O) groups excluding carboxylic acids is 1. The molecule has 0 aromatic carbocycles. The molecule has 0 bridgehead atoms. The highest BCUT2D eigenvalue weighted by molar-refractivity contribution is 9.10. The maximum absolute atomic E-state index is 11.6. The van der Waals surface area contributed by atoms with Crippen molar-refractivity contribution in [1.82, 2.24) is 20.5 Å². The molecule has 2 N–H and O–H groups in total. The minimum atomic E-state index is -0.323. The molecule has 1 aliphatic carbocycles. The molecule has 1 aliphatic rings. The van der Waals surface area contributed by atoms with Crippen molar-refractivity contribution in [3.8, 4) is 0 Å². The number of nitrogens with zero attached hydrogens (tertiary/aromatic N) is 3. The van der Waals surface area contributed by atoms with Crippen LogP contribution in [-0.4, -0.2) is 40.0 Å². The summed E-state index contributed by atoms with van der Waals surface area (Å²) in [5.74, 6) is 0.509. The molecule has 1 fully saturated rings. The summed E-state index contributed by atoms with van der Waals surface area (Å²) in [5.41, 5.74) is 0. The fourth-order valence-corrected chi connectivity index (χ4v) is 2.45. The minimum absolute atomic E-state index is 0.139. The largest absolute Gasteiger partial charge is 0.450 e. The fourth-order valence-electron chi connectivity index (χ4n) is 2.27. The number of carbonyl (C=O) groups is 1. The van der Waals surface area contributed by atoms with Gasteiger partial charge >= 0.3 is 6.09 Å². The molecule has 1 aromatic heterocycles. The van der Waals surface area contributed by atoms with E-state index in [-0.39, 0.29) is 18.2 Å². The van der Waals surface area contributed by atoms with Gasteiger partial charge in [-0.2, -0.15) is 0 Å². The highest BCUT2D eigenvalue weighted by Gasteiger charge is 2.26. The molecule has 0 radical (unpaired) electrons. The first-order valence-corrected chi connectivity index (χ1v) is 8.01. The van der Waals surface area contributed by atoms with Crippen LogP contribution in [0.2, 0.25) is 0 Å². The van der Waals surface area contributed by atoms with Gasteiger partial charge in [-0.15, -0.1) is 10.2 Å². The molecule has 2 rings (SSSR count). The third-order valence-electron chi connectivity index (χ3n) is 3.35. The lowest BCUT2D eigenvalue weighted by atomic mass is 10.2. The average Bonchev–Trinajstić information content (AvgIpc) is 2.89. The van der Waals surface area contributed by atoms with Gasteiger partial charge in [0.2, 0.25) is 5.95 Å². The number of hydrogen-bond donors (Lipinski definition) is 2. The van der Waals surface area contributed by atoms with Gasteiger partial charge in [-0.05, 0) is 41.6 Å². The topological polar surface area (TPSA) is 89.0 Å². The average molecular weight is 358 g/mol. The van der Waals surface area contributed by atoms with Crippen molar-refractivity contribution in [2.24, 2.45) is 0 Å². The summed E-state index contributed by atoms with van der Waals surface area (Å²) in [6, 6.07) is 0.383. The molecule has 8 heteroatoms. The fraction of sp³-hybridized carbons (Fsp3) is 0.692. The number of unbranched alkanes of at least 4 members (excludes halogenated alkanes) is 1.